The van der Waals surface area contributed by atoms with Crippen molar-refractivity contribution in [2.24, 2.45) is 5.92 Å². The molecule has 6 nitrogen and oxygen atoms in total. The molecule has 0 aliphatic carbocycles. The summed E-state index contributed by atoms with van der Waals surface area (Å²) in [6.07, 6.45) is 2.08. The van der Waals surface area contributed by atoms with Crippen LogP contribution in [0.25, 0.3) is 0 Å². The molecule has 1 aliphatic rings. The molecule has 0 bridgehead atoms. The first-order valence-corrected chi connectivity index (χ1v) is 7.95. The fourth-order valence-electron chi connectivity index (χ4n) is 2.72. The number of esters is 1. The Kier molecular flexibility index (Phi) is 6.87. The van der Waals surface area contributed by atoms with Crippen molar-refractivity contribution in [1.82, 2.24) is 10.6 Å². The lowest BCUT2D eigenvalue weighted by atomic mass is 9.92. The quantitative estimate of drug-likeness (QED) is 0.782. The maximum atomic E-state index is 11.9. The Balaban J connectivity index is 1.83. The Labute approximate surface area is 136 Å². The van der Waals surface area contributed by atoms with Crippen LogP contribution in [0.5, 0.6) is 0 Å². The summed E-state index contributed by atoms with van der Waals surface area (Å²) < 4.78 is 9.96. The smallest absolute Gasteiger partial charge is 0.408 e. The summed E-state index contributed by atoms with van der Waals surface area (Å²) in [6, 6.07) is 8.73. The fourth-order valence-corrected chi connectivity index (χ4v) is 2.72. The zero-order chi connectivity index (χ0) is 16.5. The lowest BCUT2D eigenvalue weighted by Gasteiger charge is -2.26. The van der Waals surface area contributed by atoms with E-state index in [0.29, 0.717) is 12.3 Å². The number of alkyl carbamates (subject to hydrolysis) is 1. The zero-order valence-electron chi connectivity index (χ0n) is 13.4. The van der Waals surface area contributed by atoms with Crippen LogP contribution >= 0.6 is 0 Å². The maximum Gasteiger partial charge on any atom is 0.408 e. The molecule has 126 valence electrons. The van der Waals surface area contributed by atoms with Crippen molar-refractivity contribution in [3.8, 4) is 0 Å². The molecule has 0 spiro atoms. The molecule has 2 atom stereocenters. The van der Waals surface area contributed by atoms with Gasteiger partial charge in [0.1, 0.15) is 12.6 Å². The molecule has 2 N–H and O–H groups in total. The largest absolute Gasteiger partial charge is 0.467 e. The van der Waals surface area contributed by atoms with E-state index in [-0.39, 0.29) is 6.61 Å². The minimum absolute atomic E-state index is 0.172. The summed E-state index contributed by atoms with van der Waals surface area (Å²) in [5.74, 6) is -0.0884. The highest BCUT2D eigenvalue weighted by Gasteiger charge is 2.27. The molecule has 1 amide bonds. The predicted molar refractivity (Wildman–Crippen MR) is 85.8 cm³/mol. The molecule has 0 aromatic heterocycles. The number of methoxy groups -OCH3 is 1. The van der Waals surface area contributed by atoms with E-state index in [0.717, 1.165) is 31.5 Å². The third-order valence-corrected chi connectivity index (χ3v) is 3.96. The summed E-state index contributed by atoms with van der Waals surface area (Å²) in [5, 5.41) is 5.92. The average molecular weight is 320 g/mol. The van der Waals surface area contributed by atoms with Crippen molar-refractivity contribution in [2.45, 2.75) is 31.9 Å². The Bertz CT molecular complexity index is 501. The molecule has 2 rings (SSSR count). The Hall–Kier alpha value is -2.08. The van der Waals surface area contributed by atoms with E-state index >= 15 is 0 Å². The number of ether oxygens (including phenoxy) is 2. The topological polar surface area (TPSA) is 76.7 Å². The van der Waals surface area contributed by atoms with Crippen LogP contribution in [0.3, 0.4) is 0 Å². The average Bonchev–Trinajstić information content (AvgIpc) is 2.60. The van der Waals surface area contributed by atoms with Gasteiger partial charge in [0, 0.05) is 0 Å². The molecule has 23 heavy (non-hydrogen) atoms. The van der Waals surface area contributed by atoms with Crippen molar-refractivity contribution in [1.29, 1.82) is 0 Å². The van der Waals surface area contributed by atoms with E-state index in [9.17, 15) is 9.59 Å². The Morgan fingerprint density at radius 2 is 2.13 bits per heavy atom. The van der Waals surface area contributed by atoms with E-state index in [1.807, 2.05) is 30.3 Å². The highest BCUT2D eigenvalue weighted by atomic mass is 16.6. The molecule has 1 fully saturated rings. The second-order valence-corrected chi connectivity index (χ2v) is 5.73. The first-order valence-electron chi connectivity index (χ1n) is 7.95. The van der Waals surface area contributed by atoms with Gasteiger partial charge in [-0.15, -0.1) is 0 Å². The van der Waals surface area contributed by atoms with Gasteiger partial charge in [-0.2, -0.15) is 0 Å². The van der Waals surface area contributed by atoms with Gasteiger partial charge in [-0.25, -0.2) is 9.59 Å². The van der Waals surface area contributed by atoms with Crippen LogP contribution in [0.4, 0.5) is 4.79 Å². The SMILES string of the molecule is COC(=O)C(CC1CCCNC1)NC(=O)OCc1ccccc1. The van der Waals surface area contributed by atoms with Crippen LogP contribution in [0.1, 0.15) is 24.8 Å². The van der Waals surface area contributed by atoms with Crippen LogP contribution in [0.2, 0.25) is 0 Å². The maximum absolute atomic E-state index is 11.9. The van der Waals surface area contributed by atoms with Crippen molar-refractivity contribution >= 4 is 12.1 Å². The number of hydrogen-bond donors (Lipinski definition) is 2. The van der Waals surface area contributed by atoms with E-state index in [2.05, 4.69) is 10.6 Å². The molecular formula is C17H24N2O4. The molecule has 1 aromatic rings. The molecule has 1 aromatic carbocycles. The van der Waals surface area contributed by atoms with Gasteiger partial charge >= 0.3 is 12.1 Å². The zero-order valence-corrected chi connectivity index (χ0v) is 13.4. The summed E-state index contributed by atoms with van der Waals surface area (Å²) in [5.41, 5.74) is 0.897. The molecule has 1 saturated heterocycles. The summed E-state index contributed by atoms with van der Waals surface area (Å²) in [6.45, 7) is 2.03. The van der Waals surface area contributed by atoms with E-state index in [1.165, 1.54) is 7.11 Å². The van der Waals surface area contributed by atoms with Gasteiger partial charge in [0.05, 0.1) is 7.11 Å². The highest BCUT2D eigenvalue weighted by molar-refractivity contribution is 5.81. The van der Waals surface area contributed by atoms with Crippen LogP contribution in [-0.2, 0) is 20.9 Å². The van der Waals surface area contributed by atoms with Gasteiger partial charge in [0.15, 0.2) is 0 Å². The number of benzene rings is 1. The van der Waals surface area contributed by atoms with Crippen LogP contribution in [0, 0.1) is 5.92 Å². The number of piperidine rings is 1. The summed E-state index contributed by atoms with van der Waals surface area (Å²) in [4.78, 5) is 23.8. The molecule has 2 unspecified atom stereocenters. The molecular weight excluding hydrogens is 296 g/mol. The van der Waals surface area contributed by atoms with Gasteiger partial charge < -0.3 is 20.1 Å². The molecule has 0 saturated carbocycles. The van der Waals surface area contributed by atoms with Crippen LogP contribution in [0.15, 0.2) is 30.3 Å². The Morgan fingerprint density at radius 1 is 1.35 bits per heavy atom. The second kappa shape index (κ2) is 9.15. The number of rotatable bonds is 6. The monoisotopic (exact) mass is 320 g/mol. The summed E-state index contributed by atoms with van der Waals surface area (Å²) in [7, 11) is 1.32. The van der Waals surface area contributed by atoms with E-state index in [1.54, 1.807) is 0 Å². The molecule has 1 aliphatic heterocycles. The third-order valence-electron chi connectivity index (χ3n) is 3.96. The van der Waals surface area contributed by atoms with E-state index < -0.39 is 18.1 Å². The van der Waals surface area contributed by atoms with Gasteiger partial charge in [-0.3, -0.25) is 0 Å². The first kappa shape index (κ1) is 17.3. The van der Waals surface area contributed by atoms with E-state index in [4.69, 9.17) is 9.47 Å². The predicted octanol–water partition coefficient (Wildman–Crippen LogP) is 1.84. The fraction of sp³-hybridized carbons (Fsp3) is 0.529. The van der Waals surface area contributed by atoms with Gasteiger partial charge in [-0.1, -0.05) is 30.3 Å². The summed E-state index contributed by atoms with van der Waals surface area (Å²) >= 11 is 0. The lowest BCUT2D eigenvalue weighted by molar-refractivity contribution is -0.143. The van der Waals surface area contributed by atoms with Crippen molar-refractivity contribution < 1.29 is 19.1 Å². The highest BCUT2D eigenvalue weighted by Crippen LogP contribution is 2.17. The third kappa shape index (κ3) is 5.90. The normalized spacial score (nSPS) is 18.7. The van der Waals surface area contributed by atoms with Crippen molar-refractivity contribution in [3.63, 3.8) is 0 Å². The molecule has 6 heteroatoms. The van der Waals surface area contributed by atoms with Gasteiger partial charge in [0.2, 0.25) is 0 Å². The molecule has 0 radical (unpaired) electrons. The second-order valence-electron chi connectivity index (χ2n) is 5.73. The molecule has 1 heterocycles. The minimum atomic E-state index is -0.673. The van der Waals surface area contributed by atoms with Gasteiger partial charge in [-0.05, 0) is 43.8 Å². The first-order chi connectivity index (χ1) is 11.2. The van der Waals surface area contributed by atoms with Crippen molar-refractivity contribution in [2.75, 3.05) is 20.2 Å². The van der Waals surface area contributed by atoms with Crippen molar-refractivity contribution in [3.05, 3.63) is 35.9 Å². The van der Waals surface area contributed by atoms with Gasteiger partial charge in [0.25, 0.3) is 0 Å². The standard InChI is InChI=1S/C17H24N2O4/c1-22-16(20)15(10-14-8-5-9-18-11-14)19-17(21)23-12-13-6-3-2-4-7-13/h2-4,6-7,14-15,18H,5,8-12H2,1H3,(H,19,21). The Morgan fingerprint density at radius 3 is 2.78 bits per heavy atom. The van der Waals surface area contributed by atoms with Crippen LogP contribution in [-0.4, -0.2) is 38.3 Å². The number of carbonyl (C=O) groups is 2. The lowest BCUT2D eigenvalue weighted by Crippen LogP contribution is -2.44. The number of nitrogens with one attached hydrogen (secondary N) is 2. The number of carbonyl (C=O) groups excluding carboxylic acids is 2. The minimum Gasteiger partial charge on any atom is -0.467 e. The number of amides is 1. The van der Waals surface area contributed by atoms with Crippen LogP contribution < -0.4 is 10.6 Å². The number of hydrogen-bond acceptors (Lipinski definition) is 5.